The van der Waals surface area contributed by atoms with Crippen molar-refractivity contribution in [2.24, 2.45) is 0 Å². The van der Waals surface area contributed by atoms with Gasteiger partial charge in [0.25, 0.3) is 0 Å². The molecule has 16 heavy (non-hydrogen) atoms. The summed E-state index contributed by atoms with van der Waals surface area (Å²) in [6.07, 6.45) is 3.27. The molecule has 1 aromatic heterocycles. The zero-order valence-electron chi connectivity index (χ0n) is 9.60. The zero-order valence-corrected chi connectivity index (χ0v) is 11.2. The van der Waals surface area contributed by atoms with E-state index in [2.05, 4.69) is 22.4 Å². The standard InChI is InChI=1S/C10H17N3OS.ClH/c1-7(11-2)6-9-12-10(14-13-9)8-4-3-5-15-8;/h7-8,11H,3-6H2,1-2H3;1H. The molecule has 2 heterocycles. The molecular formula is C10H18ClN3OS. The Hall–Kier alpha value is -0.260. The topological polar surface area (TPSA) is 51.0 Å². The van der Waals surface area contributed by atoms with Gasteiger partial charge in [-0.15, -0.1) is 24.2 Å². The lowest BCUT2D eigenvalue weighted by atomic mass is 10.2. The molecule has 1 aromatic rings. The van der Waals surface area contributed by atoms with E-state index in [0.29, 0.717) is 11.3 Å². The van der Waals surface area contributed by atoms with Crippen molar-refractivity contribution in [1.29, 1.82) is 0 Å². The molecule has 6 heteroatoms. The van der Waals surface area contributed by atoms with Gasteiger partial charge in [-0.1, -0.05) is 5.16 Å². The molecule has 2 rings (SSSR count). The minimum atomic E-state index is 0. The molecule has 1 N–H and O–H groups in total. The Labute approximate surface area is 106 Å². The van der Waals surface area contributed by atoms with Crippen LogP contribution in [0.25, 0.3) is 0 Å². The summed E-state index contributed by atoms with van der Waals surface area (Å²) in [5, 5.41) is 7.62. The number of hydrogen-bond donors (Lipinski definition) is 1. The molecule has 92 valence electrons. The van der Waals surface area contributed by atoms with E-state index in [-0.39, 0.29) is 12.4 Å². The summed E-state index contributed by atoms with van der Waals surface area (Å²) in [7, 11) is 1.94. The Bertz CT molecular complexity index is 315. The number of hydrogen-bond acceptors (Lipinski definition) is 5. The van der Waals surface area contributed by atoms with E-state index in [1.165, 1.54) is 18.6 Å². The van der Waals surface area contributed by atoms with Crippen LogP contribution in [0.4, 0.5) is 0 Å². The second-order valence-electron chi connectivity index (χ2n) is 3.94. The normalized spacial score (nSPS) is 21.8. The largest absolute Gasteiger partial charge is 0.338 e. The van der Waals surface area contributed by atoms with Gasteiger partial charge in [0.15, 0.2) is 5.82 Å². The second-order valence-corrected chi connectivity index (χ2v) is 5.25. The predicted octanol–water partition coefficient (Wildman–Crippen LogP) is 2.21. The van der Waals surface area contributed by atoms with Crippen LogP contribution < -0.4 is 5.32 Å². The lowest BCUT2D eigenvalue weighted by molar-refractivity contribution is 0.368. The maximum atomic E-state index is 5.28. The maximum absolute atomic E-state index is 5.28. The molecule has 0 aromatic carbocycles. The van der Waals surface area contributed by atoms with Crippen molar-refractivity contribution < 1.29 is 4.52 Å². The van der Waals surface area contributed by atoms with Crippen molar-refractivity contribution in [2.45, 2.75) is 37.5 Å². The number of aromatic nitrogens is 2. The van der Waals surface area contributed by atoms with Gasteiger partial charge in [-0.3, -0.25) is 0 Å². The molecule has 0 aliphatic carbocycles. The summed E-state index contributed by atoms with van der Waals surface area (Å²) in [6, 6.07) is 0.395. The summed E-state index contributed by atoms with van der Waals surface area (Å²) in [6.45, 7) is 2.11. The molecule has 0 amide bonds. The van der Waals surface area contributed by atoms with Gasteiger partial charge in [-0.05, 0) is 32.6 Å². The third kappa shape index (κ3) is 3.37. The molecule has 0 bridgehead atoms. The number of likely N-dealkylation sites (N-methyl/N-ethyl adjacent to an activating group) is 1. The smallest absolute Gasteiger partial charge is 0.239 e. The van der Waals surface area contributed by atoms with Gasteiger partial charge in [-0.25, -0.2) is 0 Å². The third-order valence-electron chi connectivity index (χ3n) is 2.67. The van der Waals surface area contributed by atoms with Crippen LogP contribution in [0.2, 0.25) is 0 Å². The van der Waals surface area contributed by atoms with Crippen LogP contribution in [0, 0.1) is 0 Å². The Morgan fingerprint density at radius 2 is 2.44 bits per heavy atom. The van der Waals surface area contributed by atoms with Crippen molar-refractivity contribution in [1.82, 2.24) is 15.5 Å². The molecule has 2 atom stereocenters. The van der Waals surface area contributed by atoms with Crippen molar-refractivity contribution in [3.05, 3.63) is 11.7 Å². The predicted molar refractivity (Wildman–Crippen MR) is 68.2 cm³/mol. The minimum absolute atomic E-state index is 0. The van der Waals surface area contributed by atoms with E-state index in [1.54, 1.807) is 0 Å². The SMILES string of the molecule is CNC(C)Cc1noc(C2CCCS2)n1.Cl. The first-order chi connectivity index (χ1) is 7.29. The number of nitrogens with one attached hydrogen (secondary N) is 1. The number of rotatable bonds is 4. The molecule has 1 fully saturated rings. The maximum Gasteiger partial charge on any atom is 0.239 e. The minimum Gasteiger partial charge on any atom is -0.338 e. The fourth-order valence-electron chi connectivity index (χ4n) is 1.63. The van der Waals surface area contributed by atoms with Gasteiger partial charge in [0.2, 0.25) is 5.89 Å². The summed E-state index contributed by atoms with van der Waals surface area (Å²) in [5.41, 5.74) is 0. The Morgan fingerprint density at radius 3 is 3.06 bits per heavy atom. The highest BCUT2D eigenvalue weighted by molar-refractivity contribution is 7.99. The van der Waals surface area contributed by atoms with Crippen LogP contribution in [-0.4, -0.2) is 29.0 Å². The van der Waals surface area contributed by atoms with Crippen LogP contribution in [0.1, 0.15) is 36.7 Å². The molecular weight excluding hydrogens is 246 g/mol. The molecule has 0 saturated carbocycles. The average Bonchev–Trinajstić information content (AvgIpc) is 2.85. The van der Waals surface area contributed by atoms with Crippen molar-refractivity contribution in [2.75, 3.05) is 12.8 Å². The van der Waals surface area contributed by atoms with Crippen LogP contribution in [-0.2, 0) is 6.42 Å². The van der Waals surface area contributed by atoms with Gasteiger partial charge < -0.3 is 9.84 Å². The molecule has 2 unspecified atom stereocenters. The summed E-state index contributed by atoms with van der Waals surface area (Å²) in [5.74, 6) is 2.85. The highest BCUT2D eigenvalue weighted by atomic mass is 35.5. The fourth-order valence-corrected chi connectivity index (χ4v) is 2.82. The molecule has 1 saturated heterocycles. The Balaban J connectivity index is 0.00000128. The quantitative estimate of drug-likeness (QED) is 0.903. The highest BCUT2D eigenvalue weighted by Gasteiger charge is 2.23. The molecule has 0 radical (unpaired) electrons. The average molecular weight is 264 g/mol. The van der Waals surface area contributed by atoms with E-state index in [9.17, 15) is 0 Å². The first kappa shape index (κ1) is 13.8. The van der Waals surface area contributed by atoms with Crippen LogP contribution >= 0.6 is 24.2 Å². The van der Waals surface area contributed by atoms with E-state index in [0.717, 1.165) is 18.1 Å². The second kappa shape index (κ2) is 6.47. The van der Waals surface area contributed by atoms with Crippen molar-refractivity contribution in [3.63, 3.8) is 0 Å². The monoisotopic (exact) mass is 263 g/mol. The van der Waals surface area contributed by atoms with E-state index < -0.39 is 0 Å². The van der Waals surface area contributed by atoms with Gasteiger partial charge in [0, 0.05) is 12.5 Å². The summed E-state index contributed by atoms with van der Waals surface area (Å²) in [4.78, 5) is 4.44. The first-order valence-corrected chi connectivity index (χ1v) is 6.46. The lowest BCUT2D eigenvalue weighted by Gasteiger charge is -2.04. The highest BCUT2D eigenvalue weighted by Crippen LogP contribution is 2.38. The van der Waals surface area contributed by atoms with Gasteiger partial charge >= 0.3 is 0 Å². The molecule has 0 spiro atoms. The van der Waals surface area contributed by atoms with E-state index in [4.69, 9.17) is 4.52 Å². The van der Waals surface area contributed by atoms with E-state index >= 15 is 0 Å². The van der Waals surface area contributed by atoms with Crippen molar-refractivity contribution in [3.8, 4) is 0 Å². The summed E-state index contributed by atoms with van der Waals surface area (Å²) >= 11 is 1.92. The third-order valence-corrected chi connectivity index (χ3v) is 4.03. The van der Waals surface area contributed by atoms with Gasteiger partial charge in [-0.2, -0.15) is 4.98 Å². The van der Waals surface area contributed by atoms with Crippen molar-refractivity contribution >= 4 is 24.2 Å². The molecule has 1 aliphatic heterocycles. The van der Waals surface area contributed by atoms with Gasteiger partial charge in [0.05, 0.1) is 5.25 Å². The lowest BCUT2D eigenvalue weighted by Crippen LogP contribution is -2.24. The van der Waals surface area contributed by atoms with E-state index in [1.807, 2.05) is 18.8 Å². The Morgan fingerprint density at radius 1 is 1.62 bits per heavy atom. The Kier molecular flexibility index (Phi) is 5.58. The molecule has 4 nitrogen and oxygen atoms in total. The summed E-state index contributed by atoms with van der Waals surface area (Å²) < 4.78 is 5.28. The fraction of sp³-hybridized carbons (Fsp3) is 0.800. The number of nitrogens with zero attached hydrogens (tertiary/aromatic N) is 2. The molecule has 1 aliphatic rings. The number of halogens is 1. The zero-order chi connectivity index (χ0) is 10.7. The van der Waals surface area contributed by atoms with Crippen LogP contribution in [0.15, 0.2) is 4.52 Å². The number of thioether (sulfide) groups is 1. The van der Waals surface area contributed by atoms with Crippen LogP contribution in [0.5, 0.6) is 0 Å². The van der Waals surface area contributed by atoms with Crippen LogP contribution in [0.3, 0.4) is 0 Å². The van der Waals surface area contributed by atoms with Gasteiger partial charge in [0.1, 0.15) is 0 Å². The first-order valence-electron chi connectivity index (χ1n) is 5.41.